The summed E-state index contributed by atoms with van der Waals surface area (Å²) in [6.45, 7) is 8.96. The predicted molar refractivity (Wildman–Crippen MR) is 240 cm³/mol. The SMILES string of the molecule is CCCCCCCC/C=C/CCCCCCCC(=O)OCC(O)CN(CCCN1CCCC1)CC(O)COC(=O)CCCCCCC/C=C/CCCCCCCC. The fourth-order valence-corrected chi connectivity index (χ4v) is 7.69. The van der Waals surface area contributed by atoms with Gasteiger partial charge >= 0.3 is 11.9 Å². The van der Waals surface area contributed by atoms with Crippen LogP contribution in [-0.4, -0.2) is 96.6 Å². The number of ether oxygens (including phenoxy) is 2. The van der Waals surface area contributed by atoms with Gasteiger partial charge in [-0.05, 0) is 110 Å². The molecule has 57 heavy (non-hydrogen) atoms. The Kier molecular flexibility index (Phi) is 38.3. The van der Waals surface area contributed by atoms with E-state index in [1.54, 1.807) is 0 Å². The number of carbonyl (C=O) groups is 2. The average Bonchev–Trinajstić information content (AvgIpc) is 3.73. The van der Waals surface area contributed by atoms with Crippen LogP contribution in [0.5, 0.6) is 0 Å². The standard InChI is InChI=1S/C49H92N2O6/c1-3-5-7-9-11-13-15-17-19-21-23-25-27-29-31-36-48(54)56-44-46(52)42-51(41-35-40-50-38-33-34-39-50)43-47(53)45-57-49(55)37-32-30-28-26-24-22-20-18-16-14-12-10-8-6-4-2/h17-20,46-47,52-53H,3-16,21-45H2,1-2H3/b19-17+,20-18+. The van der Waals surface area contributed by atoms with Crippen molar-refractivity contribution in [2.45, 2.75) is 225 Å². The monoisotopic (exact) mass is 805 g/mol. The second kappa shape index (κ2) is 41.0. The van der Waals surface area contributed by atoms with E-state index in [1.807, 2.05) is 4.90 Å². The van der Waals surface area contributed by atoms with Gasteiger partial charge in [-0.25, -0.2) is 0 Å². The van der Waals surface area contributed by atoms with Crippen molar-refractivity contribution in [1.29, 1.82) is 0 Å². The topological polar surface area (TPSA) is 99.5 Å². The molecule has 0 bridgehead atoms. The van der Waals surface area contributed by atoms with E-state index in [1.165, 1.54) is 128 Å². The van der Waals surface area contributed by atoms with E-state index < -0.39 is 12.2 Å². The molecule has 334 valence electrons. The van der Waals surface area contributed by atoms with Crippen LogP contribution in [0.2, 0.25) is 0 Å². The summed E-state index contributed by atoms with van der Waals surface area (Å²) in [5.74, 6) is -0.518. The first-order valence-corrected chi connectivity index (χ1v) is 24.4. The zero-order valence-corrected chi connectivity index (χ0v) is 37.5. The number of carbonyl (C=O) groups excluding carboxylic acids is 2. The van der Waals surface area contributed by atoms with E-state index in [0.29, 0.717) is 32.5 Å². The molecule has 2 unspecified atom stereocenters. The van der Waals surface area contributed by atoms with Gasteiger partial charge in [0.1, 0.15) is 25.4 Å². The molecule has 2 atom stereocenters. The Morgan fingerprint density at radius 2 is 0.877 bits per heavy atom. The van der Waals surface area contributed by atoms with Crippen molar-refractivity contribution in [3.05, 3.63) is 24.3 Å². The lowest BCUT2D eigenvalue weighted by Crippen LogP contribution is -2.42. The Balaban J connectivity index is 2.18. The van der Waals surface area contributed by atoms with Crippen LogP contribution in [0.3, 0.4) is 0 Å². The van der Waals surface area contributed by atoms with Crippen LogP contribution in [0.1, 0.15) is 213 Å². The first-order valence-electron chi connectivity index (χ1n) is 24.4. The summed E-state index contributed by atoms with van der Waals surface area (Å²) < 4.78 is 10.9. The highest BCUT2D eigenvalue weighted by Gasteiger charge is 2.19. The number of unbranched alkanes of at least 4 members (excludes halogenated alkanes) is 22. The maximum absolute atomic E-state index is 12.4. The van der Waals surface area contributed by atoms with Gasteiger partial charge in [0.05, 0.1) is 0 Å². The summed E-state index contributed by atoms with van der Waals surface area (Å²) in [5.41, 5.74) is 0. The molecule has 0 saturated carbocycles. The van der Waals surface area contributed by atoms with E-state index in [-0.39, 0.29) is 25.2 Å². The molecule has 2 N–H and O–H groups in total. The number of allylic oxidation sites excluding steroid dienone is 4. The summed E-state index contributed by atoms with van der Waals surface area (Å²) in [7, 11) is 0. The number of aliphatic hydroxyl groups excluding tert-OH is 2. The highest BCUT2D eigenvalue weighted by Crippen LogP contribution is 2.13. The van der Waals surface area contributed by atoms with E-state index in [4.69, 9.17) is 9.47 Å². The van der Waals surface area contributed by atoms with Crippen LogP contribution in [0.15, 0.2) is 24.3 Å². The molecule has 0 radical (unpaired) electrons. The minimum Gasteiger partial charge on any atom is -0.463 e. The molecule has 1 aliphatic rings. The van der Waals surface area contributed by atoms with Crippen molar-refractivity contribution < 1.29 is 29.3 Å². The third-order valence-electron chi connectivity index (χ3n) is 11.2. The fraction of sp³-hybridized carbons (Fsp3) is 0.878. The normalized spacial score (nSPS) is 14.7. The third-order valence-corrected chi connectivity index (χ3v) is 11.2. The van der Waals surface area contributed by atoms with E-state index in [0.717, 1.165) is 77.4 Å². The summed E-state index contributed by atoms with van der Waals surface area (Å²) in [5, 5.41) is 21.5. The molecule has 0 aliphatic carbocycles. The molecule has 0 aromatic rings. The molecule has 1 saturated heterocycles. The molecule has 1 heterocycles. The maximum atomic E-state index is 12.4. The Morgan fingerprint density at radius 3 is 1.26 bits per heavy atom. The van der Waals surface area contributed by atoms with Gasteiger partial charge in [0, 0.05) is 25.9 Å². The Morgan fingerprint density at radius 1 is 0.526 bits per heavy atom. The molecular weight excluding hydrogens is 713 g/mol. The van der Waals surface area contributed by atoms with Crippen molar-refractivity contribution in [1.82, 2.24) is 9.80 Å². The minimum absolute atomic E-state index is 0.0480. The third kappa shape index (κ3) is 37.0. The molecule has 1 aliphatic heterocycles. The second-order valence-corrected chi connectivity index (χ2v) is 17.0. The van der Waals surface area contributed by atoms with E-state index in [9.17, 15) is 19.8 Å². The number of esters is 2. The lowest BCUT2D eigenvalue weighted by atomic mass is 10.1. The van der Waals surface area contributed by atoms with Crippen molar-refractivity contribution in [3.8, 4) is 0 Å². The van der Waals surface area contributed by atoms with E-state index >= 15 is 0 Å². The van der Waals surface area contributed by atoms with Crippen LogP contribution in [0.25, 0.3) is 0 Å². The first-order chi connectivity index (χ1) is 27.9. The quantitative estimate of drug-likeness (QED) is 0.0357. The highest BCUT2D eigenvalue weighted by atomic mass is 16.5. The van der Waals surface area contributed by atoms with Crippen LogP contribution >= 0.6 is 0 Å². The first kappa shape index (κ1) is 53.3. The minimum atomic E-state index is -0.842. The number of nitrogens with zero attached hydrogens (tertiary/aromatic N) is 2. The molecule has 0 spiro atoms. The Bertz CT molecular complexity index is 888. The van der Waals surface area contributed by atoms with Gasteiger partial charge < -0.3 is 24.6 Å². The van der Waals surface area contributed by atoms with Gasteiger partial charge in [-0.2, -0.15) is 0 Å². The van der Waals surface area contributed by atoms with Crippen molar-refractivity contribution in [2.75, 3.05) is 52.5 Å². The van der Waals surface area contributed by atoms with E-state index in [2.05, 4.69) is 43.1 Å². The summed E-state index contributed by atoms with van der Waals surface area (Å²) >= 11 is 0. The Hall–Kier alpha value is -1.74. The summed E-state index contributed by atoms with van der Waals surface area (Å²) in [6, 6.07) is 0. The summed E-state index contributed by atoms with van der Waals surface area (Å²) in [4.78, 5) is 29.2. The Labute approximate surface area is 352 Å². The number of hydrogen-bond acceptors (Lipinski definition) is 8. The molecule has 1 fully saturated rings. The largest absolute Gasteiger partial charge is 0.463 e. The van der Waals surface area contributed by atoms with Gasteiger partial charge in [0.15, 0.2) is 0 Å². The molecule has 0 amide bonds. The lowest BCUT2D eigenvalue weighted by molar-refractivity contribution is -0.147. The lowest BCUT2D eigenvalue weighted by Gasteiger charge is -2.28. The fourth-order valence-electron chi connectivity index (χ4n) is 7.69. The molecular formula is C49H92N2O6. The van der Waals surface area contributed by atoms with Crippen LogP contribution in [0.4, 0.5) is 0 Å². The van der Waals surface area contributed by atoms with Crippen LogP contribution in [0, 0.1) is 0 Å². The van der Waals surface area contributed by atoms with Gasteiger partial charge in [0.2, 0.25) is 0 Å². The predicted octanol–water partition coefficient (Wildman–Crippen LogP) is 11.7. The number of rotatable bonds is 42. The zero-order valence-electron chi connectivity index (χ0n) is 37.5. The van der Waals surface area contributed by atoms with Crippen molar-refractivity contribution in [3.63, 3.8) is 0 Å². The van der Waals surface area contributed by atoms with Gasteiger partial charge in [0.25, 0.3) is 0 Å². The van der Waals surface area contributed by atoms with Gasteiger partial charge in [-0.1, -0.05) is 141 Å². The number of likely N-dealkylation sites (tertiary alicyclic amines) is 1. The summed E-state index contributed by atoms with van der Waals surface area (Å²) in [6.07, 6.45) is 43.4. The maximum Gasteiger partial charge on any atom is 0.305 e. The molecule has 0 aromatic carbocycles. The van der Waals surface area contributed by atoms with Gasteiger partial charge in [-0.15, -0.1) is 0 Å². The van der Waals surface area contributed by atoms with Gasteiger partial charge in [-0.3, -0.25) is 14.5 Å². The molecule has 8 heteroatoms. The second-order valence-electron chi connectivity index (χ2n) is 17.0. The number of hydrogen-bond donors (Lipinski definition) is 2. The number of aliphatic hydroxyl groups is 2. The molecule has 1 rings (SSSR count). The highest BCUT2D eigenvalue weighted by molar-refractivity contribution is 5.69. The zero-order chi connectivity index (χ0) is 41.3. The smallest absolute Gasteiger partial charge is 0.305 e. The molecule has 8 nitrogen and oxygen atoms in total. The molecule has 0 aromatic heterocycles. The van der Waals surface area contributed by atoms with Crippen LogP contribution < -0.4 is 0 Å². The van der Waals surface area contributed by atoms with Crippen molar-refractivity contribution >= 4 is 11.9 Å². The average molecular weight is 805 g/mol. The van der Waals surface area contributed by atoms with Crippen molar-refractivity contribution in [2.24, 2.45) is 0 Å². The van der Waals surface area contributed by atoms with Crippen LogP contribution in [-0.2, 0) is 19.1 Å².